The molecule has 12 heavy (non-hydrogen) atoms. The highest BCUT2D eigenvalue weighted by atomic mass is 16.3. The van der Waals surface area contributed by atoms with E-state index >= 15 is 0 Å². The number of nitrogens with one attached hydrogen (secondary N) is 1. The molecule has 2 nitrogen and oxygen atoms in total. The van der Waals surface area contributed by atoms with Crippen LogP contribution in [0.5, 0.6) is 0 Å². The highest BCUT2D eigenvalue weighted by Crippen LogP contribution is 2.01. The third kappa shape index (κ3) is 8.02. The van der Waals surface area contributed by atoms with E-state index in [1.807, 2.05) is 6.92 Å². The molecule has 1 unspecified atom stereocenters. The van der Waals surface area contributed by atoms with Crippen LogP contribution in [0.25, 0.3) is 0 Å². The van der Waals surface area contributed by atoms with E-state index < -0.39 is 0 Å². The molecule has 0 aromatic carbocycles. The first-order valence-electron chi connectivity index (χ1n) is 5.05. The van der Waals surface area contributed by atoms with Crippen molar-refractivity contribution in [2.45, 2.75) is 46.1 Å². The molecule has 74 valence electrons. The molecule has 0 fully saturated rings. The summed E-state index contributed by atoms with van der Waals surface area (Å²) in [5.41, 5.74) is 0. The lowest BCUT2D eigenvalue weighted by atomic mass is 10.1. The molecule has 0 aliphatic carbocycles. The second-order valence-electron chi connectivity index (χ2n) is 3.80. The molecule has 0 radical (unpaired) electrons. The Hall–Kier alpha value is -0.0800. The summed E-state index contributed by atoms with van der Waals surface area (Å²) in [6.45, 7) is 8.26. The Balaban J connectivity index is 3.00. The fraction of sp³-hybridized carbons (Fsp3) is 1.00. The van der Waals surface area contributed by atoms with Gasteiger partial charge in [-0.15, -0.1) is 0 Å². The first-order valence-corrected chi connectivity index (χ1v) is 5.05. The van der Waals surface area contributed by atoms with Gasteiger partial charge in [-0.3, -0.25) is 0 Å². The van der Waals surface area contributed by atoms with E-state index in [1.54, 1.807) is 0 Å². The summed E-state index contributed by atoms with van der Waals surface area (Å²) in [5.74, 6) is 0.794. The summed E-state index contributed by atoms with van der Waals surface area (Å²) >= 11 is 0. The summed E-state index contributed by atoms with van der Waals surface area (Å²) in [7, 11) is 0. The van der Waals surface area contributed by atoms with E-state index in [9.17, 15) is 5.11 Å². The molecule has 0 aromatic rings. The van der Waals surface area contributed by atoms with Crippen LogP contribution in [0.3, 0.4) is 0 Å². The molecule has 0 rings (SSSR count). The van der Waals surface area contributed by atoms with E-state index in [4.69, 9.17) is 0 Å². The van der Waals surface area contributed by atoms with Crippen LogP contribution in [0.1, 0.15) is 40.0 Å². The third-order valence-electron chi connectivity index (χ3n) is 1.99. The summed E-state index contributed by atoms with van der Waals surface area (Å²) in [4.78, 5) is 0. The van der Waals surface area contributed by atoms with Crippen LogP contribution < -0.4 is 5.32 Å². The van der Waals surface area contributed by atoms with E-state index in [-0.39, 0.29) is 6.10 Å². The summed E-state index contributed by atoms with van der Waals surface area (Å²) < 4.78 is 0. The van der Waals surface area contributed by atoms with Crippen LogP contribution in [0.4, 0.5) is 0 Å². The van der Waals surface area contributed by atoms with Gasteiger partial charge >= 0.3 is 0 Å². The quantitative estimate of drug-likeness (QED) is 0.575. The Morgan fingerprint density at radius 1 is 1.33 bits per heavy atom. The number of hydrogen-bond donors (Lipinski definition) is 2. The van der Waals surface area contributed by atoms with Crippen molar-refractivity contribution >= 4 is 0 Å². The third-order valence-corrected chi connectivity index (χ3v) is 1.99. The monoisotopic (exact) mass is 173 g/mol. The van der Waals surface area contributed by atoms with E-state index in [2.05, 4.69) is 19.2 Å². The second-order valence-corrected chi connectivity index (χ2v) is 3.80. The topological polar surface area (TPSA) is 32.3 Å². The van der Waals surface area contributed by atoms with Gasteiger partial charge in [0, 0.05) is 6.54 Å². The van der Waals surface area contributed by atoms with Gasteiger partial charge in [-0.1, -0.05) is 20.8 Å². The highest BCUT2D eigenvalue weighted by Gasteiger charge is 1.98. The lowest BCUT2D eigenvalue weighted by Gasteiger charge is -2.09. The van der Waals surface area contributed by atoms with Crippen molar-refractivity contribution in [3.05, 3.63) is 0 Å². The molecule has 2 N–H and O–H groups in total. The van der Waals surface area contributed by atoms with Gasteiger partial charge in [0.15, 0.2) is 0 Å². The van der Waals surface area contributed by atoms with E-state index in [0.717, 1.165) is 25.4 Å². The number of hydrogen-bond acceptors (Lipinski definition) is 2. The van der Waals surface area contributed by atoms with Gasteiger partial charge in [0.1, 0.15) is 0 Å². The smallest absolute Gasteiger partial charge is 0.0662 e. The minimum absolute atomic E-state index is 0.163. The van der Waals surface area contributed by atoms with E-state index in [0.29, 0.717) is 0 Å². The molecule has 1 atom stereocenters. The van der Waals surface area contributed by atoms with Crippen molar-refractivity contribution in [3.63, 3.8) is 0 Å². The maximum atomic E-state index is 9.20. The van der Waals surface area contributed by atoms with Crippen molar-refractivity contribution in [2.75, 3.05) is 13.1 Å². The van der Waals surface area contributed by atoms with Gasteiger partial charge in [0.05, 0.1) is 6.10 Å². The number of aliphatic hydroxyl groups excluding tert-OH is 1. The predicted octanol–water partition coefficient (Wildman–Crippen LogP) is 1.78. The second kappa shape index (κ2) is 7.56. The fourth-order valence-electron chi connectivity index (χ4n) is 1.05. The average molecular weight is 173 g/mol. The Bertz CT molecular complexity index is 93.8. The molecule has 0 aliphatic heterocycles. The molecule has 0 amide bonds. The van der Waals surface area contributed by atoms with Crippen molar-refractivity contribution in [2.24, 2.45) is 5.92 Å². The van der Waals surface area contributed by atoms with Crippen LogP contribution >= 0.6 is 0 Å². The Labute approximate surface area is 76.4 Å². The van der Waals surface area contributed by atoms with Crippen LogP contribution in [-0.4, -0.2) is 24.3 Å². The van der Waals surface area contributed by atoms with E-state index in [1.165, 1.54) is 12.8 Å². The van der Waals surface area contributed by atoms with Gasteiger partial charge in [-0.25, -0.2) is 0 Å². The molecule has 0 saturated carbocycles. The molecular weight excluding hydrogens is 150 g/mol. The van der Waals surface area contributed by atoms with Crippen molar-refractivity contribution in [3.8, 4) is 0 Å². The first kappa shape index (κ1) is 11.9. The maximum absolute atomic E-state index is 9.20. The maximum Gasteiger partial charge on any atom is 0.0662 e. The number of aliphatic hydroxyl groups is 1. The SMILES string of the molecule is CCC(O)CNCCCC(C)C. The zero-order valence-corrected chi connectivity index (χ0v) is 8.64. The van der Waals surface area contributed by atoms with Crippen LogP contribution in [-0.2, 0) is 0 Å². The summed E-state index contributed by atoms with van der Waals surface area (Å²) in [6.07, 6.45) is 3.17. The molecule has 0 heterocycles. The van der Waals surface area contributed by atoms with Gasteiger partial charge in [0.25, 0.3) is 0 Å². The average Bonchev–Trinajstić information content (AvgIpc) is 2.03. The minimum Gasteiger partial charge on any atom is -0.392 e. The number of rotatable bonds is 7. The first-order chi connectivity index (χ1) is 5.66. The molecule has 0 aromatic heterocycles. The van der Waals surface area contributed by atoms with Crippen molar-refractivity contribution in [1.82, 2.24) is 5.32 Å². The largest absolute Gasteiger partial charge is 0.392 e. The Kier molecular flexibility index (Phi) is 7.51. The molecule has 0 spiro atoms. The Morgan fingerprint density at radius 2 is 2.00 bits per heavy atom. The molecular formula is C10H23NO. The van der Waals surface area contributed by atoms with Gasteiger partial charge in [-0.05, 0) is 31.7 Å². The van der Waals surface area contributed by atoms with Crippen LogP contribution in [0, 0.1) is 5.92 Å². The van der Waals surface area contributed by atoms with Crippen molar-refractivity contribution in [1.29, 1.82) is 0 Å². The van der Waals surface area contributed by atoms with Crippen molar-refractivity contribution < 1.29 is 5.11 Å². The molecule has 0 saturated heterocycles. The van der Waals surface area contributed by atoms with Crippen LogP contribution in [0.2, 0.25) is 0 Å². The zero-order valence-electron chi connectivity index (χ0n) is 8.64. The lowest BCUT2D eigenvalue weighted by molar-refractivity contribution is 0.167. The van der Waals surface area contributed by atoms with Gasteiger partial charge in [-0.2, -0.15) is 0 Å². The summed E-state index contributed by atoms with van der Waals surface area (Å²) in [5, 5.41) is 12.4. The highest BCUT2D eigenvalue weighted by molar-refractivity contribution is 4.57. The lowest BCUT2D eigenvalue weighted by Crippen LogP contribution is -2.27. The van der Waals surface area contributed by atoms with Crippen LogP contribution in [0.15, 0.2) is 0 Å². The Morgan fingerprint density at radius 3 is 2.50 bits per heavy atom. The summed E-state index contributed by atoms with van der Waals surface area (Å²) in [6, 6.07) is 0. The minimum atomic E-state index is -0.163. The fourth-order valence-corrected chi connectivity index (χ4v) is 1.05. The zero-order chi connectivity index (χ0) is 9.40. The molecule has 2 heteroatoms. The van der Waals surface area contributed by atoms with Gasteiger partial charge < -0.3 is 10.4 Å². The standard InChI is InChI=1S/C10H23NO/c1-4-10(12)8-11-7-5-6-9(2)3/h9-12H,4-8H2,1-3H3. The van der Waals surface area contributed by atoms with Gasteiger partial charge in [0.2, 0.25) is 0 Å². The predicted molar refractivity (Wildman–Crippen MR) is 53.2 cm³/mol. The normalized spacial score (nSPS) is 13.8. The molecule has 0 bridgehead atoms. The molecule has 0 aliphatic rings.